The van der Waals surface area contributed by atoms with Gasteiger partial charge in [0.05, 0.1) is 0 Å². The minimum absolute atomic E-state index is 0.134. The number of aromatic nitrogens is 2. The van der Waals surface area contributed by atoms with Gasteiger partial charge in [-0.1, -0.05) is 32.9 Å². The van der Waals surface area contributed by atoms with Crippen molar-refractivity contribution in [3.8, 4) is 11.8 Å². The van der Waals surface area contributed by atoms with Crippen LogP contribution in [0.2, 0.25) is 0 Å². The lowest BCUT2D eigenvalue weighted by Crippen LogP contribution is -2.11. The molecule has 4 heteroatoms. The van der Waals surface area contributed by atoms with Crippen molar-refractivity contribution in [3.05, 3.63) is 47.3 Å². The third-order valence-electron chi connectivity index (χ3n) is 3.30. The van der Waals surface area contributed by atoms with E-state index in [4.69, 9.17) is 4.74 Å². The van der Waals surface area contributed by atoms with Crippen LogP contribution in [0.3, 0.4) is 0 Å². The van der Waals surface area contributed by atoms with Gasteiger partial charge >= 0.3 is 6.01 Å². The van der Waals surface area contributed by atoms with E-state index in [0.29, 0.717) is 6.01 Å². The summed E-state index contributed by atoms with van der Waals surface area (Å²) in [6.45, 7) is 9.39. The van der Waals surface area contributed by atoms with Crippen molar-refractivity contribution in [2.24, 2.45) is 0 Å². The van der Waals surface area contributed by atoms with Crippen LogP contribution in [-0.2, 0) is 12.0 Å². The summed E-state index contributed by atoms with van der Waals surface area (Å²) in [5.74, 6) is 0.796. The van der Waals surface area contributed by atoms with Crippen molar-refractivity contribution in [3.63, 3.8) is 0 Å². The maximum Gasteiger partial charge on any atom is 0.321 e. The van der Waals surface area contributed by atoms with E-state index in [1.54, 1.807) is 12.4 Å². The highest BCUT2D eigenvalue weighted by atomic mass is 16.5. The first-order valence-corrected chi connectivity index (χ1v) is 7.14. The van der Waals surface area contributed by atoms with Gasteiger partial charge in [-0.05, 0) is 36.6 Å². The van der Waals surface area contributed by atoms with Crippen molar-refractivity contribution in [1.82, 2.24) is 15.3 Å². The Hall–Kier alpha value is -1.94. The van der Waals surface area contributed by atoms with Crippen LogP contribution >= 0.6 is 0 Å². The predicted molar refractivity (Wildman–Crippen MR) is 84.7 cm³/mol. The lowest BCUT2D eigenvalue weighted by atomic mass is 9.86. The molecule has 0 saturated heterocycles. The topological polar surface area (TPSA) is 47.0 Å². The predicted octanol–water partition coefficient (Wildman–Crippen LogP) is 3.59. The number of nitrogens with zero attached hydrogens (tertiary/aromatic N) is 2. The normalized spacial score (nSPS) is 11.5. The summed E-state index contributed by atoms with van der Waals surface area (Å²) in [6.07, 6.45) is 3.55. The van der Waals surface area contributed by atoms with Crippen LogP contribution in [-0.4, -0.2) is 17.0 Å². The molecule has 4 nitrogen and oxygen atoms in total. The molecule has 0 atom stereocenters. The Morgan fingerprint density at radius 1 is 1.14 bits per heavy atom. The van der Waals surface area contributed by atoms with Crippen molar-refractivity contribution in [2.45, 2.75) is 39.7 Å². The number of aryl methyl sites for hydroxylation is 1. The SMILES string of the molecule is CNCc1cnc(Oc2ccc(C(C)(C)C)cc2C)nc1. The van der Waals surface area contributed by atoms with E-state index in [-0.39, 0.29) is 5.41 Å². The van der Waals surface area contributed by atoms with E-state index in [1.807, 2.05) is 20.0 Å². The molecule has 0 amide bonds. The van der Waals surface area contributed by atoms with Gasteiger partial charge in [0.1, 0.15) is 5.75 Å². The highest BCUT2D eigenvalue weighted by Crippen LogP contribution is 2.29. The Morgan fingerprint density at radius 2 is 1.81 bits per heavy atom. The molecule has 112 valence electrons. The highest BCUT2D eigenvalue weighted by Gasteiger charge is 2.15. The molecule has 0 bridgehead atoms. The van der Waals surface area contributed by atoms with Gasteiger partial charge in [-0.2, -0.15) is 0 Å². The molecule has 1 aromatic carbocycles. The Labute approximate surface area is 126 Å². The minimum atomic E-state index is 0.134. The fourth-order valence-electron chi connectivity index (χ4n) is 2.02. The zero-order chi connectivity index (χ0) is 15.5. The molecular formula is C17H23N3O. The highest BCUT2D eigenvalue weighted by molar-refractivity contribution is 5.39. The monoisotopic (exact) mass is 285 g/mol. The third-order valence-corrected chi connectivity index (χ3v) is 3.30. The van der Waals surface area contributed by atoms with E-state index in [2.05, 4.69) is 48.2 Å². The molecule has 2 rings (SSSR count). The number of hydrogen-bond acceptors (Lipinski definition) is 4. The van der Waals surface area contributed by atoms with Crippen LogP contribution in [0.25, 0.3) is 0 Å². The number of rotatable bonds is 4. The smallest absolute Gasteiger partial charge is 0.321 e. The quantitative estimate of drug-likeness (QED) is 0.932. The molecule has 0 spiro atoms. The average molecular weight is 285 g/mol. The molecule has 0 aliphatic carbocycles. The molecule has 0 unspecified atom stereocenters. The van der Waals surface area contributed by atoms with E-state index >= 15 is 0 Å². The lowest BCUT2D eigenvalue weighted by Gasteiger charge is -2.20. The fraction of sp³-hybridized carbons (Fsp3) is 0.412. The zero-order valence-corrected chi connectivity index (χ0v) is 13.4. The fourth-order valence-corrected chi connectivity index (χ4v) is 2.02. The van der Waals surface area contributed by atoms with Crippen molar-refractivity contribution < 1.29 is 4.74 Å². The Kier molecular flexibility index (Phi) is 4.58. The van der Waals surface area contributed by atoms with Crippen LogP contribution in [0, 0.1) is 6.92 Å². The molecular weight excluding hydrogens is 262 g/mol. The van der Waals surface area contributed by atoms with Crippen LogP contribution in [0.5, 0.6) is 11.8 Å². The van der Waals surface area contributed by atoms with Gasteiger partial charge in [0.25, 0.3) is 0 Å². The number of ether oxygens (including phenoxy) is 1. The summed E-state index contributed by atoms with van der Waals surface area (Å²) >= 11 is 0. The standard InChI is InChI=1S/C17H23N3O/c1-12-8-14(17(2,3)4)6-7-15(12)21-16-19-10-13(9-18-5)11-20-16/h6-8,10-11,18H,9H2,1-5H3. The molecule has 1 N–H and O–H groups in total. The van der Waals surface area contributed by atoms with Crippen LogP contribution in [0.1, 0.15) is 37.5 Å². The second-order valence-electron chi connectivity index (χ2n) is 6.24. The Balaban J connectivity index is 2.16. The van der Waals surface area contributed by atoms with Gasteiger partial charge in [0.2, 0.25) is 0 Å². The number of benzene rings is 1. The summed E-state index contributed by atoms with van der Waals surface area (Å²) in [5.41, 5.74) is 3.54. The Morgan fingerprint density at radius 3 is 2.33 bits per heavy atom. The van der Waals surface area contributed by atoms with E-state index in [9.17, 15) is 0 Å². The van der Waals surface area contributed by atoms with Gasteiger partial charge in [-0.25, -0.2) is 9.97 Å². The van der Waals surface area contributed by atoms with Crippen LogP contribution in [0.4, 0.5) is 0 Å². The second kappa shape index (κ2) is 6.22. The van der Waals surface area contributed by atoms with Gasteiger partial charge in [0, 0.05) is 24.5 Å². The summed E-state index contributed by atoms with van der Waals surface area (Å²) < 4.78 is 5.77. The molecule has 1 heterocycles. The summed E-state index contributed by atoms with van der Waals surface area (Å²) in [6, 6.07) is 6.62. The van der Waals surface area contributed by atoms with E-state index < -0.39 is 0 Å². The van der Waals surface area contributed by atoms with Gasteiger partial charge in [0.15, 0.2) is 0 Å². The second-order valence-corrected chi connectivity index (χ2v) is 6.24. The number of hydrogen-bond donors (Lipinski definition) is 1. The van der Waals surface area contributed by atoms with Gasteiger partial charge in [-0.3, -0.25) is 0 Å². The first kappa shape index (κ1) is 15.4. The first-order chi connectivity index (χ1) is 9.90. The van der Waals surface area contributed by atoms with Crippen molar-refractivity contribution >= 4 is 0 Å². The molecule has 2 aromatic rings. The number of nitrogens with one attached hydrogen (secondary N) is 1. The van der Waals surface area contributed by atoms with Crippen molar-refractivity contribution in [2.75, 3.05) is 7.05 Å². The molecule has 0 aliphatic heterocycles. The largest absolute Gasteiger partial charge is 0.424 e. The summed E-state index contributed by atoms with van der Waals surface area (Å²) in [7, 11) is 1.89. The maximum absolute atomic E-state index is 5.77. The first-order valence-electron chi connectivity index (χ1n) is 7.14. The van der Waals surface area contributed by atoms with Gasteiger partial charge < -0.3 is 10.1 Å². The molecule has 0 saturated carbocycles. The molecule has 0 fully saturated rings. The van der Waals surface area contributed by atoms with Crippen LogP contribution in [0.15, 0.2) is 30.6 Å². The minimum Gasteiger partial charge on any atom is -0.424 e. The molecule has 0 aliphatic rings. The lowest BCUT2D eigenvalue weighted by molar-refractivity contribution is 0.437. The molecule has 1 aromatic heterocycles. The summed E-state index contributed by atoms with van der Waals surface area (Å²) in [4.78, 5) is 8.46. The van der Waals surface area contributed by atoms with Gasteiger partial charge in [-0.15, -0.1) is 0 Å². The van der Waals surface area contributed by atoms with E-state index in [1.165, 1.54) is 5.56 Å². The average Bonchev–Trinajstić information content (AvgIpc) is 2.42. The zero-order valence-electron chi connectivity index (χ0n) is 13.4. The Bertz CT molecular complexity index is 600. The third kappa shape index (κ3) is 4.02. The van der Waals surface area contributed by atoms with Crippen molar-refractivity contribution in [1.29, 1.82) is 0 Å². The maximum atomic E-state index is 5.77. The van der Waals surface area contributed by atoms with E-state index in [0.717, 1.165) is 23.4 Å². The summed E-state index contributed by atoms with van der Waals surface area (Å²) in [5, 5.41) is 3.06. The molecule has 0 radical (unpaired) electrons. The molecule has 21 heavy (non-hydrogen) atoms. The van der Waals surface area contributed by atoms with Crippen LogP contribution < -0.4 is 10.1 Å².